The molecule has 34 heavy (non-hydrogen) atoms. The van der Waals surface area contributed by atoms with Crippen LogP contribution in [0, 0.1) is 5.92 Å². The highest BCUT2D eigenvalue weighted by molar-refractivity contribution is 5.85. The normalized spacial score (nSPS) is 23.1. The Hall–Kier alpha value is -3.04. The number of halogens is 5. The van der Waals surface area contributed by atoms with E-state index in [1.54, 1.807) is 6.07 Å². The monoisotopic (exact) mass is 479 g/mol. The zero-order valence-electron chi connectivity index (χ0n) is 18.0. The Bertz CT molecular complexity index is 1290. The molecule has 0 radical (unpaired) electrons. The van der Waals surface area contributed by atoms with Crippen molar-refractivity contribution in [3.05, 3.63) is 52.1 Å². The van der Waals surface area contributed by atoms with E-state index in [0.29, 0.717) is 40.9 Å². The van der Waals surface area contributed by atoms with E-state index in [1.165, 1.54) is 24.5 Å². The maximum absolute atomic E-state index is 13.5. The second-order valence-electron chi connectivity index (χ2n) is 9.35. The number of aromatic amines is 1. The van der Waals surface area contributed by atoms with Crippen molar-refractivity contribution >= 4 is 10.9 Å². The molecule has 10 heteroatoms. The molecule has 0 bridgehead atoms. The number of aromatic hydroxyl groups is 1. The fraction of sp³-hybridized carbons (Fsp3) is 0.458. The summed E-state index contributed by atoms with van der Waals surface area (Å²) in [6.45, 7) is 0. The second-order valence-corrected chi connectivity index (χ2v) is 9.35. The Labute approximate surface area is 191 Å². The molecule has 0 saturated heterocycles. The van der Waals surface area contributed by atoms with Gasteiger partial charge in [-0.3, -0.25) is 9.78 Å². The van der Waals surface area contributed by atoms with Crippen LogP contribution >= 0.6 is 0 Å². The predicted octanol–water partition coefficient (Wildman–Crippen LogP) is 6.04. The van der Waals surface area contributed by atoms with Gasteiger partial charge in [0.15, 0.2) is 5.43 Å². The van der Waals surface area contributed by atoms with Crippen LogP contribution in [0.2, 0.25) is 0 Å². The molecule has 3 aromatic heterocycles. The zero-order chi connectivity index (χ0) is 24.3. The largest absolute Gasteiger partial charge is 0.493 e. The lowest BCUT2D eigenvalue weighted by molar-refractivity contribution is -0.182. The van der Waals surface area contributed by atoms with Gasteiger partial charge in [0, 0.05) is 48.5 Å². The Morgan fingerprint density at radius 2 is 1.74 bits per heavy atom. The van der Waals surface area contributed by atoms with Gasteiger partial charge in [-0.2, -0.15) is 13.2 Å². The zero-order valence-corrected chi connectivity index (χ0v) is 18.0. The minimum Gasteiger partial charge on any atom is -0.493 e. The highest BCUT2D eigenvalue weighted by Crippen LogP contribution is 2.50. The van der Waals surface area contributed by atoms with Crippen LogP contribution in [0.15, 0.2) is 35.4 Å². The van der Waals surface area contributed by atoms with E-state index in [9.17, 15) is 31.9 Å². The summed E-state index contributed by atoms with van der Waals surface area (Å²) in [5.74, 6) is -5.12. The van der Waals surface area contributed by atoms with Crippen LogP contribution in [0.4, 0.5) is 22.0 Å². The summed E-state index contributed by atoms with van der Waals surface area (Å²) >= 11 is 0. The minimum atomic E-state index is -4.24. The second kappa shape index (κ2) is 8.02. The Morgan fingerprint density at radius 1 is 1.03 bits per heavy atom. The highest BCUT2D eigenvalue weighted by atomic mass is 19.4. The Balaban J connectivity index is 1.56. The molecule has 0 amide bonds. The predicted molar refractivity (Wildman–Crippen MR) is 115 cm³/mol. The summed E-state index contributed by atoms with van der Waals surface area (Å²) in [7, 11) is 0. The van der Waals surface area contributed by atoms with E-state index in [1.807, 2.05) is 0 Å². The average molecular weight is 479 g/mol. The van der Waals surface area contributed by atoms with E-state index in [2.05, 4.69) is 15.0 Å². The lowest BCUT2D eigenvalue weighted by Gasteiger charge is -2.35. The standard InChI is InChI=1S/C24H22F5N3O2/c25-23(26)9-13(10-23)18-7-15(12-1-3-14(4-2-12)24(27,28)29)16(11-31-18)19-8-20(33)21-17(32-19)5-6-30-22(21)34/h5-8,11-14H,1-4,9-10H2,(H,30,34)(H,32,33). The van der Waals surface area contributed by atoms with Crippen LogP contribution in [0.5, 0.6) is 5.88 Å². The number of aromatic nitrogens is 3. The molecule has 180 valence electrons. The SMILES string of the molecule is O=c1cc(-c2cnc(C3CC(F)(F)C3)cc2C2CCC(C(F)(F)F)CC2)[nH]c2ccnc(O)c12. The molecule has 2 saturated carbocycles. The first-order chi connectivity index (χ1) is 16.0. The van der Waals surface area contributed by atoms with Crippen LogP contribution in [0.25, 0.3) is 22.2 Å². The summed E-state index contributed by atoms with van der Waals surface area (Å²) in [4.78, 5) is 23.9. The molecule has 3 aromatic rings. The van der Waals surface area contributed by atoms with Crippen LogP contribution in [-0.2, 0) is 0 Å². The highest BCUT2D eigenvalue weighted by Gasteiger charge is 2.47. The minimum absolute atomic E-state index is 0.0133. The number of nitrogens with one attached hydrogen (secondary N) is 1. The summed E-state index contributed by atoms with van der Waals surface area (Å²) in [5.41, 5.74) is 2.02. The first-order valence-electron chi connectivity index (χ1n) is 11.2. The molecule has 0 spiro atoms. The molecule has 0 atom stereocenters. The van der Waals surface area contributed by atoms with Gasteiger partial charge < -0.3 is 10.1 Å². The molecule has 5 nitrogen and oxygen atoms in total. The lowest BCUT2D eigenvalue weighted by Crippen LogP contribution is -2.34. The Morgan fingerprint density at radius 3 is 2.38 bits per heavy atom. The third kappa shape index (κ3) is 4.14. The molecule has 0 aliphatic heterocycles. The van der Waals surface area contributed by atoms with Crippen molar-refractivity contribution < 1.29 is 27.1 Å². The Kier molecular flexibility index (Phi) is 5.37. The topological polar surface area (TPSA) is 78.9 Å². The smallest absolute Gasteiger partial charge is 0.391 e. The quantitative estimate of drug-likeness (QED) is 0.449. The first kappa shape index (κ1) is 22.7. The van der Waals surface area contributed by atoms with E-state index in [4.69, 9.17) is 0 Å². The maximum Gasteiger partial charge on any atom is 0.391 e. The van der Waals surface area contributed by atoms with Gasteiger partial charge in [0.25, 0.3) is 0 Å². The van der Waals surface area contributed by atoms with Crippen molar-refractivity contribution in [1.82, 2.24) is 15.0 Å². The first-order valence-corrected chi connectivity index (χ1v) is 11.2. The van der Waals surface area contributed by atoms with Gasteiger partial charge in [-0.1, -0.05) is 0 Å². The molecule has 0 aromatic carbocycles. The summed E-state index contributed by atoms with van der Waals surface area (Å²) < 4.78 is 66.5. The van der Waals surface area contributed by atoms with Crippen molar-refractivity contribution in [3.8, 4) is 17.1 Å². The van der Waals surface area contributed by atoms with Crippen LogP contribution < -0.4 is 5.43 Å². The number of alkyl halides is 5. The molecular weight excluding hydrogens is 457 g/mol. The van der Waals surface area contributed by atoms with Gasteiger partial charge in [-0.25, -0.2) is 13.8 Å². The number of pyridine rings is 3. The number of fused-ring (bicyclic) bond motifs is 1. The number of nitrogens with zero attached hydrogens (tertiary/aromatic N) is 2. The summed E-state index contributed by atoms with van der Waals surface area (Å²) in [5, 5.41) is 9.97. The van der Waals surface area contributed by atoms with Gasteiger partial charge in [0.1, 0.15) is 5.39 Å². The molecule has 2 aliphatic carbocycles. The summed E-state index contributed by atoms with van der Waals surface area (Å²) in [6, 6.07) is 4.55. The maximum atomic E-state index is 13.5. The van der Waals surface area contributed by atoms with E-state index in [-0.39, 0.29) is 37.0 Å². The van der Waals surface area contributed by atoms with Crippen LogP contribution in [-0.4, -0.2) is 32.2 Å². The fourth-order valence-electron chi connectivity index (χ4n) is 5.20. The molecule has 2 fully saturated rings. The fourth-order valence-corrected chi connectivity index (χ4v) is 5.20. The number of rotatable bonds is 3. The van der Waals surface area contributed by atoms with Gasteiger partial charge in [-0.05, 0) is 49.3 Å². The molecule has 3 heterocycles. The molecular formula is C24H22F5N3O2. The summed E-state index contributed by atoms with van der Waals surface area (Å²) in [6.07, 6.45) is -1.44. The van der Waals surface area contributed by atoms with Crippen LogP contribution in [0.3, 0.4) is 0 Å². The number of hydrogen-bond donors (Lipinski definition) is 2. The number of hydrogen-bond acceptors (Lipinski definition) is 4. The molecule has 2 N–H and O–H groups in total. The van der Waals surface area contributed by atoms with Gasteiger partial charge in [-0.15, -0.1) is 0 Å². The number of H-pyrrole nitrogens is 1. The van der Waals surface area contributed by atoms with Crippen molar-refractivity contribution in [2.45, 2.75) is 62.5 Å². The molecule has 0 unspecified atom stereocenters. The van der Waals surface area contributed by atoms with Gasteiger partial charge in [0.05, 0.1) is 17.1 Å². The molecule has 2 aliphatic rings. The van der Waals surface area contributed by atoms with Gasteiger partial charge >= 0.3 is 6.18 Å². The van der Waals surface area contributed by atoms with E-state index >= 15 is 0 Å². The third-order valence-electron chi connectivity index (χ3n) is 7.11. The lowest BCUT2D eigenvalue weighted by atomic mass is 9.75. The van der Waals surface area contributed by atoms with Gasteiger partial charge in [0.2, 0.25) is 11.8 Å². The molecule has 5 rings (SSSR count). The van der Waals surface area contributed by atoms with Crippen molar-refractivity contribution in [1.29, 1.82) is 0 Å². The van der Waals surface area contributed by atoms with Crippen molar-refractivity contribution in [2.75, 3.05) is 0 Å². The van der Waals surface area contributed by atoms with E-state index < -0.39 is 35.2 Å². The van der Waals surface area contributed by atoms with Crippen molar-refractivity contribution in [2.24, 2.45) is 5.92 Å². The van der Waals surface area contributed by atoms with E-state index in [0.717, 1.165) is 0 Å². The van der Waals surface area contributed by atoms with Crippen LogP contribution in [0.1, 0.15) is 61.6 Å². The third-order valence-corrected chi connectivity index (χ3v) is 7.11. The van der Waals surface area contributed by atoms with Crippen molar-refractivity contribution in [3.63, 3.8) is 0 Å². The average Bonchev–Trinajstić information content (AvgIpc) is 2.76.